The van der Waals surface area contributed by atoms with Gasteiger partial charge in [-0.15, -0.1) is 0 Å². The third kappa shape index (κ3) is 6.02. The number of carbonyl (C=O) groups excluding carboxylic acids is 3. The molecule has 3 N–H and O–H groups in total. The van der Waals surface area contributed by atoms with Crippen molar-refractivity contribution >= 4 is 18.0 Å². The van der Waals surface area contributed by atoms with Crippen LogP contribution in [-0.4, -0.2) is 55.0 Å². The van der Waals surface area contributed by atoms with Gasteiger partial charge in [-0.05, 0) is 28.7 Å². The lowest BCUT2D eigenvalue weighted by Crippen LogP contribution is -2.51. The second-order valence-corrected chi connectivity index (χ2v) is 8.00. The molecule has 2 aromatic carbocycles. The van der Waals surface area contributed by atoms with E-state index in [9.17, 15) is 19.5 Å². The maximum absolute atomic E-state index is 12.6. The van der Waals surface area contributed by atoms with E-state index in [1.807, 2.05) is 55.5 Å². The lowest BCUT2D eigenvalue weighted by molar-refractivity contribution is -0.144. The van der Waals surface area contributed by atoms with E-state index in [0.717, 1.165) is 22.3 Å². The van der Waals surface area contributed by atoms with Gasteiger partial charge in [0.25, 0.3) is 5.91 Å². The molecule has 3 rings (SSSR count). The zero-order chi connectivity index (χ0) is 24.5. The van der Waals surface area contributed by atoms with Gasteiger partial charge in [-0.25, -0.2) is 4.79 Å². The van der Waals surface area contributed by atoms with Crippen LogP contribution in [0.2, 0.25) is 0 Å². The minimum Gasteiger partial charge on any atom is -0.460 e. The summed E-state index contributed by atoms with van der Waals surface area (Å²) in [6.07, 6.45) is 0.0920. The molecule has 0 saturated heterocycles. The Kier molecular flexibility index (Phi) is 8.81. The predicted molar refractivity (Wildman–Crippen MR) is 127 cm³/mol. The molecule has 2 atom stereocenters. The van der Waals surface area contributed by atoms with Crippen LogP contribution < -0.4 is 10.6 Å². The Morgan fingerprint density at radius 2 is 1.68 bits per heavy atom. The second-order valence-electron chi connectivity index (χ2n) is 8.00. The summed E-state index contributed by atoms with van der Waals surface area (Å²) in [5.41, 5.74) is 4.41. The fraction of sp³-hybridized carbons (Fsp3) is 0.346. The van der Waals surface area contributed by atoms with E-state index in [0.29, 0.717) is 12.8 Å². The van der Waals surface area contributed by atoms with Gasteiger partial charge in [0, 0.05) is 5.92 Å². The van der Waals surface area contributed by atoms with Crippen LogP contribution >= 0.6 is 0 Å². The molecule has 8 nitrogen and oxygen atoms in total. The molecule has 180 valence electrons. The number of esters is 1. The Hall–Kier alpha value is -3.65. The fourth-order valence-electron chi connectivity index (χ4n) is 4.06. The maximum atomic E-state index is 12.6. The van der Waals surface area contributed by atoms with Crippen LogP contribution in [0.5, 0.6) is 0 Å². The number of carbonyl (C=O) groups is 3. The van der Waals surface area contributed by atoms with Gasteiger partial charge in [0.05, 0.1) is 6.04 Å². The molecule has 34 heavy (non-hydrogen) atoms. The third-order valence-corrected chi connectivity index (χ3v) is 5.67. The Balaban J connectivity index is 1.57. The minimum absolute atomic E-state index is 0.0268. The number of benzene rings is 2. The molecule has 8 heteroatoms. The van der Waals surface area contributed by atoms with Gasteiger partial charge >= 0.3 is 12.1 Å². The van der Waals surface area contributed by atoms with E-state index < -0.39 is 36.7 Å². The van der Waals surface area contributed by atoms with Crippen molar-refractivity contribution in [1.29, 1.82) is 0 Å². The summed E-state index contributed by atoms with van der Waals surface area (Å²) >= 11 is 0. The maximum Gasteiger partial charge on any atom is 0.407 e. The number of alkyl carbamates (subject to hydrolysis) is 1. The Bertz CT molecular complexity index is 992. The first kappa shape index (κ1) is 25.0. The highest BCUT2D eigenvalue weighted by atomic mass is 16.5. The van der Waals surface area contributed by atoms with Gasteiger partial charge < -0.3 is 25.2 Å². The lowest BCUT2D eigenvalue weighted by Gasteiger charge is -2.23. The van der Waals surface area contributed by atoms with E-state index in [1.165, 1.54) is 6.08 Å². The molecule has 0 radical (unpaired) electrons. The Morgan fingerprint density at radius 1 is 1.06 bits per heavy atom. The van der Waals surface area contributed by atoms with E-state index >= 15 is 0 Å². The van der Waals surface area contributed by atoms with Crippen molar-refractivity contribution in [3.05, 3.63) is 72.3 Å². The quantitative estimate of drug-likeness (QED) is 0.347. The number of hydrogen-bond donors (Lipinski definition) is 3. The van der Waals surface area contributed by atoms with Gasteiger partial charge in [-0.2, -0.15) is 0 Å². The zero-order valence-electron chi connectivity index (χ0n) is 19.2. The summed E-state index contributed by atoms with van der Waals surface area (Å²) in [6.45, 7) is 5.05. The summed E-state index contributed by atoms with van der Waals surface area (Å²) in [5, 5.41) is 15.3. The topological polar surface area (TPSA) is 114 Å². The van der Waals surface area contributed by atoms with E-state index in [-0.39, 0.29) is 19.1 Å². The number of hydrogen-bond acceptors (Lipinski definition) is 6. The highest BCUT2D eigenvalue weighted by Gasteiger charge is 2.31. The largest absolute Gasteiger partial charge is 0.460 e. The van der Waals surface area contributed by atoms with Crippen LogP contribution in [0.1, 0.15) is 36.8 Å². The van der Waals surface area contributed by atoms with Crippen molar-refractivity contribution in [3.8, 4) is 11.1 Å². The first-order valence-corrected chi connectivity index (χ1v) is 11.3. The van der Waals surface area contributed by atoms with Crippen LogP contribution in [0.15, 0.2) is 61.2 Å². The van der Waals surface area contributed by atoms with Crippen LogP contribution in [0, 0.1) is 0 Å². The molecule has 2 amide bonds. The summed E-state index contributed by atoms with van der Waals surface area (Å²) in [6, 6.07) is 15.1. The number of nitrogens with one attached hydrogen (secondary N) is 2. The van der Waals surface area contributed by atoms with Crippen molar-refractivity contribution in [2.24, 2.45) is 0 Å². The summed E-state index contributed by atoms with van der Waals surface area (Å²) in [4.78, 5) is 36.4. The van der Waals surface area contributed by atoms with Gasteiger partial charge in [0.15, 0.2) is 6.10 Å². The molecule has 0 saturated carbocycles. The fourth-order valence-corrected chi connectivity index (χ4v) is 4.06. The van der Waals surface area contributed by atoms with Crippen molar-refractivity contribution in [1.82, 2.24) is 10.6 Å². The van der Waals surface area contributed by atoms with E-state index in [1.54, 1.807) is 0 Å². The number of aliphatic hydroxyl groups excluding tert-OH is 1. The van der Waals surface area contributed by atoms with Gasteiger partial charge in [0.2, 0.25) is 0 Å². The molecule has 1 aliphatic carbocycles. The van der Waals surface area contributed by atoms with Crippen LogP contribution in [0.3, 0.4) is 0 Å². The number of amides is 2. The molecule has 0 bridgehead atoms. The van der Waals surface area contributed by atoms with Crippen LogP contribution in [0.4, 0.5) is 4.79 Å². The van der Waals surface area contributed by atoms with E-state index in [2.05, 4.69) is 17.2 Å². The monoisotopic (exact) mass is 466 g/mol. The first-order chi connectivity index (χ1) is 16.5. The molecule has 0 fully saturated rings. The second kappa shape index (κ2) is 12.0. The predicted octanol–water partition coefficient (Wildman–Crippen LogP) is 2.90. The molecular formula is C26H30N2O6. The number of ether oxygens (including phenoxy) is 2. The molecule has 0 spiro atoms. The van der Waals surface area contributed by atoms with Crippen LogP contribution in [-0.2, 0) is 19.1 Å². The molecule has 1 aliphatic rings. The lowest BCUT2D eigenvalue weighted by atomic mass is 9.98. The standard InChI is InChI=1S/C26H30N2O6/c1-3-9-22(24(30)25(31)27-15-23(29)33-14-4-2)28-26(32)34-16-21-19-12-7-5-10-17(19)18-11-6-8-13-20(18)21/h4-8,10-13,21-22,24,30H,2-3,9,14-16H2,1H3,(H,27,31)(H,28,32)/t22-,24?/m0/s1. The highest BCUT2D eigenvalue weighted by molar-refractivity contribution is 5.86. The first-order valence-electron chi connectivity index (χ1n) is 11.3. The average Bonchev–Trinajstić information content (AvgIpc) is 3.17. The van der Waals surface area contributed by atoms with Crippen molar-refractivity contribution in [2.45, 2.75) is 37.8 Å². The van der Waals surface area contributed by atoms with Crippen LogP contribution in [0.25, 0.3) is 11.1 Å². The molecule has 0 aliphatic heterocycles. The third-order valence-electron chi connectivity index (χ3n) is 5.67. The van der Waals surface area contributed by atoms with Gasteiger partial charge in [-0.1, -0.05) is 74.5 Å². The molecule has 0 heterocycles. The van der Waals surface area contributed by atoms with Crippen molar-refractivity contribution in [3.63, 3.8) is 0 Å². The number of rotatable bonds is 11. The number of aliphatic hydroxyl groups is 1. The SMILES string of the molecule is C=CCOC(=O)CNC(=O)C(O)[C@H](CCC)NC(=O)OCC1c2ccccc2-c2ccccc21. The van der Waals surface area contributed by atoms with Gasteiger partial charge in [0.1, 0.15) is 19.8 Å². The van der Waals surface area contributed by atoms with Crippen molar-refractivity contribution in [2.75, 3.05) is 19.8 Å². The van der Waals surface area contributed by atoms with E-state index in [4.69, 9.17) is 9.47 Å². The molecular weight excluding hydrogens is 436 g/mol. The minimum atomic E-state index is -1.55. The normalized spacial score (nSPS) is 13.7. The average molecular weight is 467 g/mol. The Labute approximate surface area is 199 Å². The van der Waals surface area contributed by atoms with Crippen molar-refractivity contribution < 1.29 is 29.0 Å². The summed E-state index contributed by atoms with van der Waals surface area (Å²) < 4.78 is 10.3. The Morgan fingerprint density at radius 3 is 2.26 bits per heavy atom. The highest BCUT2D eigenvalue weighted by Crippen LogP contribution is 2.44. The smallest absolute Gasteiger partial charge is 0.407 e. The zero-order valence-corrected chi connectivity index (χ0v) is 19.2. The summed E-state index contributed by atoms with van der Waals surface area (Å²) in [5.74, 6) is -1.54. The van der Waals surface area contributed by atoms with Gasteiger partial charge in [-0.3, -0.25) is 9.59 Å². The number of fused-ring (bicyclic) bond motifs is 3. The summed E-state index contributed by atoms with van der Waals surface area (Å²) in [7, 11) is 0. The molecule has 0 aromatic heterocycles. The molecule has 1 unspecified atom stereocenters. The molecule has 2 aromatic rings.